The molecule has 0 radical (unpaired) electrons. The number of carbonyl (C=O) groups excluding carboxylic acids is 2. The van der Waals surface area contributed by atoms with E-state index in [1.54, 1.807) is 0 Å². The van der Waals surface area contributed by atoms with Crippen molar-refractivity contribution < 1.29 is 14.3 Å². The van der Waals surface area contributed by atoms with Crippen LogP contribution in [0.25, 0.3) is 11.1 Å². The Labute approximate surface area is 180 Å². The van der Waals surface area contributed by atoms with E-state index in [1.807, 2.05) is 73.2 Å². The van der Waals surface area contributed by atoms with Gasteiger partial charge in [0.05, 0.1) is 19.3 Å². The summed E-state index contributed by atoms with van der Waals surface area (Å²) in [5, 5.41) is 9.66. The van der Waals surface area contributed by atoms with Gasteiger partial charge in [0.1, 0.15) is 10.6 Å². The van der Waals surface area contributed by atoms with Gasteiger partial charge in [-0.2, -0.15) is 5.10 Å². The van der Waals surface area contributed by atoms with Crippen molar-refractivity contribution >= 4 is 28.2 Å². The van der Waals surface area contributed by atoms with Gasteiger partial charge in [0, 0.05) is 35.8 Å². The summed E-state index contributed by atoms with van der Waals surface area (Å²) in [4.78, 5) is 27.0. The number of hydrogen-bond donors (Lipinski definition) is 1. The predicted octanol–water partition coefficient (Wildman–Crippen LogP) is 3.62. The van der Waals surface area contributed by atoms with E-state index in [4.69, 9.17) is 4.74 Å². The molecule has 2 heterocycles. The lowest BCUT2D eigenvalue weighted by Crippen LogP contribution is -2.30. The van der Waals surface area contributed by atoms with Crippen molar-refractivity contribution in [2.75, 3.05) is 26.0 Å². The number of thiophene rings is 1. The molecule has 0 aliphatic rings. The Morgan fingerprint density at radius 3 is 2.53 bits per heavy atom. The lowest BCUT2D eigenvalue weighted by Gasteiger charge is -2.16. The smallest absolute Gasteiger partial charge is 0.341 e. The van der Waals surface area contributed by atoms with E-state index in [9.17, 15) is 9.59 Å². The molecular weight excluding hydrogens is 400 g/mol. The molecule has 7 nitrogen and oxygen atoms in total. The first-order valence-electron chi connectivity index (χ1n) is 9.54. The molecule has 0 atom stereocenters. The summed E-state index contributed by atoms with van der Waals surface area (Å²) in [6, 6.07) is 9.57. The molecule has 0 aliphatic heterocycles. The average molecular weight is 427 g/mol. The number of esters is 1. The van der Waals surface area contributed by atoms with E-state index in [1.165, 1.54) is 18.4 Å². The third kappa shape index (κ3) is 4.60. The zero-order chi connectivity index (χ0) is 21.8. The van der Waals surface area contributed by atoms with Crippen molar-refractivity contribution in [1.29, 1.82) is 0 Å². The first-order valence-corrected chi connectivity index (χ1v) is 10.4. The van der Waals surface area contributed by atoms with E-state index in [0.29, 0.717) is 17.1 Å². The summed E-state index contributed by atoms with van der Waals surface area (Å²) in [5.74, 6) is -0.663. The molecule has 0 aliphatic carbocycles. The number of rotatable bonds is 7. The third-order valence-electron chi connectivity index (χ3n) is 5.02. The zero-order valence-corrected chi connectivity index (χ0v) is 18.7. The van der Waals surface area contributed by atoms with Crippen molar-refractivity contribution in [3.63, 3.8) is 0 Å². The summed E-state index contributed by atoms with van der Waals surface area (Å²) >= 11 is 1.32. The van der Waals surface area contributed by atoms with Gasteiger partial charge in [-0.25, -0.2) is 4.79 Å². The fourth-order valence-corrected chi connectivity index (χ4v) is 4.34. The Morgan fingerprint density at radius 2 is 1.93 bits per heavy atom. The second-order valence-electron chi connectivity index (χ2n) is 7.20. The number of amides is 1. The monoisotopic (exact) mass is 426 g/mol. The van der Waals surface area contributed by atoms with Gasteiger partial charge in [-0.3, -0.25) is 14.4 Å². The molecular formula is C22H26N4O3S. The molecule has 0 unspecified atom stereocenters. The number of nitrogens with one attached hydrogen (secondary N) is 1. The first kappa shape index (κ1) is 21.7. The second kappa shape index (κ2) is 9.23. The minimum Gasteiger partial charge on any atom is -0.465 e. The highest BCUT2D eigenvalue weighted by Crippen LogP contribution is 2.36. The van der Waals surface area contributed by atoms with Crippen LogP contribution >= 0.6 is 11.3 Å². The zero-order valence-electron chi connectivity index (χ0n) is 17.9. The maximum absolute atomic E-state index is 12.7. The van der Waals surface area contributed by atoms with Crippen LogP contribution in [0.5, 0.6) is 0 Å². The minimum absolute atomic E-state index is 0.187. The van der Waals surface area contributed by atoms with E-state index >= 15 is 0 Å². The Kier molecular flexibility index (Phi) is 6.69. The Hall–Kier alpha value is -2.97. The molecule has 1 amide bonds. The number of ether oxygens (including phenoxy) is 1. The van der Waals surface area contributed by atoms with Gasteiger partial charge in [0.25, 0.3) is 0 Å². The van der Waals surface area contributed by atoms with Crippen LogP contribution in [0.15, 0.2) is 35.7 Å². The normalized spacial score (nSPS) is 11.0. The number of aryl methyl sites for hydroxylation is 2. The molecule has 0 saturated heterocycles. The maximum atomic E-state index is 12.7. The third-order valence-corrected chi connectivity index (χ3v) is 5.91. The maximum Gasteiger partial charge on any atom is 0.341 e. The van der Waals surface area contributed by atoms with E-state index < -0.39 is 5.97 Å². The lowest BCUT2D eigenvalue weighted by atomic mass is 10.0. The number of nitrogens with zero attached hydrogens (tertiary/aromatic N) is 3. The van der Waals surface area contributed by atoms with Gasteiger partial charge in [-0.05, 0) is 26.5 Å². The van der Waals surface area contributed by atoms with Gasteiger partial charge in [0.15, 0.2) is 0 Å². The minimum atomic E-state index is -0.472. The standard InChI is InChI=1S/C22H26N4O3S/c1-14-17(15(2)26(4)24-14)11-25(3)12-19(27)23-21-20(22(28)29-5)18(13-30-21)16-9-7-6-8-10-16/h6-10,13H,11-12H2,1-5H3,(H,23,27). The summed E-state index contributed by atoms with van der Waals surface area (Å²) in [6.45, 7) is 4.79. The quantitative estimate of drug-likeness (QED) is 0.584. The van der Waals surface area contributed by atoms with Crippen LogP contribution in [-0.2, 0) is 23.1 Å². The van der Waals surface area contributed by atoms with Crippen molar-refractivity contribution in [2.24, 2.45) is 7.05 Å². The van der Waals surface area contributed by atoms with Gasteiger partial charge in [-0.15, -0.1) is 11.3 Å². The highest BCUT2D eigenvalue weighted by molar-refractivity contribution is 7.15. The van der Waals surface area contributed by atoms with Gasteiger partial charge >= 0.3 is 5.97 Å². The highest BCUT2D eigenvalue weighted by atomic mass is 32.1. The van der Waals surface area contributed by atoms with Crippen LogP contribution in [0.1, 0.15) is 27.3 Å². The molecule has 0 spiro atoms. The first-order chi connectivity index (χ1) is 14.3. The Morgan fingerprint density at radius 1 is 1.23 bits per heavy atom. The van der Waals surface area contributed by atoms with E-state index in [-0.39, 0.29) is 12.5 Å². The van der Waals surface area contributed by atoms with Crippen LogP contribution in [-0.4, -0.2) is 47.3 Å². The topological polar surface area (TPSA) is 76.5 Å². The number of benzene rings is 1. The lowest BCUT2D eigenvalue weighted by molar-refractivity contribution is -0.117. The summed E-state index contributed by atoms with van der Waals surface area (Å²) in [6.07, 6.45) is 0. The van der Waals surface area contributed by atoms with Crippen LogP contribution < -0.4 is 5.32 Å². The van der Waals surface area contributed by atoms with Gasteiger partial charge < -0.3 is 10.1 Å². The molecule has 8 heteroatoms. The average Bonchev–Trinajstić information content (AvgIpc) is 3.24. The van der Waals surface area contributed by atoms with Gasteiger partial charge in [-0.1, -0.05) is 30.3 Å². The van der Waals surface area contributed by atoms with Crippen LogP contribution in [0, 0.1) is 13.8 Å². The van der Waals surface area contributed by atoms with Gasteiger partial charge in [0.2, 0.25) is 5.91 Å². The Bertz CT molecular complexity index is 1060. The molecule has 30 heavy (non-hydrogen) atoms. The van der Waals surface area contributed by atoms with E-state index in [2.05, 4.69) is 10.4 Å². The number of hydrogen-bond acceptors (Lipinski definition) is 6. The summed E-state index contributed by atoms with van der Waals surface area (Å²) in [7, 11) is 5.14. The fraction of sp³-hybridized carbons (Fsp3) is 0.318. The summed E-state index contributed by atoms with van der Waals surface area (Å²) < 4.78 is 6.81. The molecule has 0 saturated carbocycles. The molecule has 1 aromatic carbocycles. The molecule has 0 bridgehead atoms. The second-order valence-corrected chi connectivity index (χ2v) is 8.08. The highest BCUT2D eigenvalue weighted by Gasteiger charge is 2.23. The van der Waals surface area contributed by atoms with Crippen molar-refractivity contribution in [3.05, 3.63) is 58.2 Å². The molecule has 1 N–H and O–H groups in total. The number of likely N-dealkylation sites (N-methyl/N-ethyl adjacent to an activating group) is 1. The van der Waals surface area contributed by atoms with Crippen molar-refractivity contribution in [3.8, 4) is 11.1 Å². The molecule has 0 fully saturated rings. The number of aromatic nitrogens is 2. The Balaban J connectivity index is 1.75. The molecule has 2 aromatic heterocycles. The van der Waals surface area contributed by atoms with Crippen LogP contribution in [0.3, 0.4) is 0 Å². The van der Waals surface area contributed by atoms with Crippen LogP contribution in [0.4, 0.5) is 5.00 Å². The number of carbonyl (C=O) groups is 2. The molecule has 3 aromatic rings. The predicted molar refractivity (Wildman–Crippen MR) is 119 cm³/mol. The largest absolute Gasteiger partial charge is 0.465 e. The molecule has 3 rings (SSSR count). The van der Waals surface area contributed by atoms with E-state index in [0.717, 1.165) is 28.1 Å². The number of anilines is 1. The van der Waals surface area contributed by atoms with Crippen molar-refractivity contribution in [1.82, 2.24) is 14.7 Å². The fourth-order valence-electron chi connectivity index (χ4n) is 3.37. The SMILES string of the molecule is COC(=O)c1c(-c2ccccc2)csc1NC(=O)CN(C)Cc1c(C)nn(C)c1C. The van der Waals surface area contributed by atoms with Crippen molar-refractivity contribution in [2.45, 2.75) is 20.4 Å². The molecule has 158 valence electrons. The number of methoxy groups -OCH3 is 1. The summed E-state index contributed by atoms with van der Waals surface area (Å²) in [5.41, 5.74) is 5.18. The van der Waals surface area contributed by atoms with Crippen LogP contribution in [0.2, 0.25) is 0 Å².